The molecule has 1 aromatic carbocycles. The van der Waals surface area contributed by atoms with Crippen LogP contribution >= 0.6 is 11.6 Å². The summed E-state index contributed by atoms with van der Waals surface area (Å²) >= 11 is 6.34. The van der Waals surface area contributed by atoms with Crippen LogP contribution in [0.1, 0.15) is 11.1 Å². The SMILES string of the molecule is Cc1cc(C)c(Nc2cnnc(NCCN3CCOCC3)n2)c(Cl)c1. The van der Waals surface area contributed by atoms with E-state index in [1.54, 1.807) is 6.20 Å². The monoisotopic (exact) mass is 362 g/mol. The first-order valence-electron chi connectivity index (χ1n) is 8.39. The first kappa shape index (κ1) is 17.8. The molecule has 1 saturated heterocycles. The van der Waals surface area contributed by atoms with Gasteiger partial charge in [-0.2, -0.15) is 10.1 Å². The lowest BCUT2D eigenvalue weighted by Gasteiger charge is -2.26. The Kier molecular flexibility index (Phi) is 6.01. The average molecular weight is 363 g/mol. The van der Waals surface area contributed by atoms with Gasteiger partial charge in [0.25, 0.3) is 0 Å². The molecule has 0 unspecified atom stereocenters. The van der Waals surface area contributed by atoms with Crippen LogP contribution in [0.15, 0.2) is 18.3 Å². The zero-order valence-electron chi connectivity index (χ0n) is 14.5. The second kappa shape index (κ2) is 8.42. The third-order valence-electron chi connectivity index (χ3n) is 4.06. The molecule has 25 heavy (non-hydrogen) atoms. The number of benzene rings is 1. The number of aryl methyl sites for hydroxylation is 2. The standard InChI is InChI=1S/C17H23ClN6O/c1-12-9-13(2)16(14(18)10-12)21-15-11-20-23-17(22-15)19-3-4-24-5-7-25-8-6-24/h9-11H,3-8H2,1-2H3,(H2,19,21,22,23). The van der Waals surface area contributed by atoms with E-state index in [2.05, 4.69) is 36.8 Å². The number of aromatic nitrogens is 3. The summed E-state index contributed by atoms with van der Waals surface area (Å²) in [6.07, 6.45) is 1.59. The van der Waals surface area contributed by atoms with Gasteiger partial charge in [-0.1, -0.05) is 17.7 Å². The minimum Gasteiger partial charge on any atom is -0.379 e. The van der Waals surface area contributed by atoms with Crippen molar-refractivity contribution in [2.75, 3.05) is 50.0 Å². The zero-order chi connectivity index (χ0) is 17.6. The molecule has 1 aromatic heterocycles. The second-order valence-corrected chi connectivity index (χ2v) is 6.52. The van der Waals surface area contributed by atoms with E-state index in [9.17, 15) is 0 Å². The van der Waals surface area contributed by atoms with Crippen molar-refractivity contribution >= 4 is 29.1 Å². The molecule has 0 amide bonds. The van der Waals surface area contributed by atoms with Gasteiger partial charge in [0.1, 0.15) is 0 Å². The second-order valence-electron chi connectivity index (χ2n) is 6.11. The molecule has 0 bridgehead atoms. The van der Waals surface area contributed by atoms with Crippen molar-refractivity contribution in [3.05, 3.63) is 34.5 Å². The molecule has 134 valence electrons. The Balaban J connectivity index is 1.59. The average Bonchev–Trinajstić information content (AvgIpc) is 2.59. The van der Waals surface area contributed by atoms with E-state index in [1.165, 1.54) is 0 Å². The summed E-state index contributed by atoms with van der Waals surface area (Å²) in [4.78, 5) is 6.81. The Morgan fingerprint density at radius 1 is 1.24 bits per heavy atom. The number of anilines is 3. The summed E-state index contributed by atoms with van der Waals surface area (Å²) in [6.45, 7) is 9.24. The maximum atomic E-state index is 6.34. The highest BCUT2D eigenvalue weighted by molar-refractivity contribution is 6.33. The van der Waals surface area contributed by atoms with E-state index in [1.807, 2.05) is 19.9 Å². The van der Waals surface area contributed by atoms with Crippen molar-refractivity contribution in [2.24, 2.45) is 0 Å². The Bertz CT molecular complexity index is 697. The predicted molar refractivity (Wildman–Crippen MR) is 99.8 cm³/mol. The minimum atomic E-state index is 0.499. The van der Waals surface area contributed by atoms with Crippen molar-refractivity contribution in [1.29, 1.82) is 0 Å². The summed E-state index contributed by atoms with van der Waals surface area (Å²) < 4.78 is 5.35. The highest BCUT2D eigenvalue weighted by atomic mass is 35.5. The van der Waals surface area contributed by atoms with Gasteiger partial charge in [-0.25, -0.2) is 0 Å². The van der Waals surface area contributed by atoms with Crippen molar-refractivity contribution in [3.8, 4) is 0 Å². The van der Waals surface area contributed by atoms with Crippen LogP contribution in [0.3, 0.4) is 0 Å². The number of hydrogen-bond donors (Lipinski definition) is 2. The van der Waals surface area contributed by atoms with E-state index in [0.29, 0.717) is 16.8 Å². The Labute approximate surface area is 152 Å². The van der Waals surface area contributed by atoms with E-state index in [4.69, 9.17) is 16.3 Å². The molecule has 2 N–H and O–H groups in total. The van der Waals surface area contributed by atoms with Crippen molar-refractivity contribution in [2.45, 2.75) is 13.8 Å². The molecule has 1 aliphatic heterocycles. The predicted octanol–water partition coefficient (Wildman–Crippen LogP) is 2.63. The van der Waals surface area contributed by atoms with Gasteiger partial charge in [0.05, 0.1) is 30.1 Å². The summed E-state index contributed by atoms with van der Waals surface area (Å²) in [5.74, 6) is 1.11. The van der Waals surface area contributed by atoms with Crippen molar-refractivity contribution in [1.82, 2.24) is 20.1 Å². The number of nitrogens with one attached hydrogen (secondary N) is 2. The number of halogens is 1. The van der Waals surface area contributed by atoms with Crippen LogP contribution in [0.4, 0.5) is 17.5 Å². The van der Waals surface area contributed by atoms with Gasteiger partial charge in [0.15, 0.2) is 5.82 Å². The van der Waals surface area contributed by atoms with E-state index in [0.717, 1.165) is 56.2 Å². The first-order valence-corrected chi connectivity index (χ1v) is 8.77. The van der Waals surface area contributed by atoms with Crippen LogP contribution < -0.4 is 10.6 Å². The van der Waals surface area contributed by atoms with Crippen LogP contribution in [-0.4, -0.2) is 59.5 Å². The zero-order valence-corrected chi connectivity index (χ0v) is 15.3. The van der Waals surface area contributed by atoms with Gasteiger partial charge in [-0.3, -0.25) is 4.90 Å². The number of hydrogen-bond acceptors (Lipinski definition) is 7. The molecule has 3 rings (SSSR count). The number of nitrogens with zero attached hydrogens (tertiary/aromatic N) is 4. The number of rotatable bonds is 6. The number of ether oxygens (including phenoxy) is 1. The summed E-state index contributed by atoms with van der Waals surface area (Å²) in [5.41, 5.74) is 3.02. The Morgan fingerprint density at radius 3 is 2.80 bits per heavy atom. The van der Waals surface area contributed by atoms with Crippen LogP contribution in [0.2, 0.25) is 5.02 Å². The van der Waals surface area contributed by atoms with Crippen molar-refractivity contribution in [3.63, 3.8) is 0 Å². The van der Waals surface area contributed by atoms with Crippen LogP contribution in [0.25, 0.3) is 0 Å². The van der Waals surface area contributed by atoms with Gasteiger partial charge in [0, 0.05) is 26.2 Å². The molecule has 1 aliphatic rings. The van der Waals surface area contributed by atoms with Crippen LogP contribution in [0.5, 0.6) is 0 Å². The lowest BCUT2D eigenvalue weighted by molar-refractivity contribution is 0.0398. The Hall–Kier alpha value is -1.96. The highest BCUT2D eigenvalue weighted by Crippen LogP contribution is 2.29. The fraction of sp³-hybridized carbons (Fsp3) is 0.471. The quantitative estimate of drug-likeness (QED) is 0.818. The molecule has 2 aromatic rings. The molecule has 0 aliphatic carbocycles. The minimum absolute atomic E-state index is 0.499. The Morgan fingerprint density at radius 2 is 2.04 bits per heavy atom. The van der Waals surface area contributed by atoms with Crippen molar-refractivity contribution < 1.29 is 4.74 Å². The maximum absolute atomic E-state index is 6.34. The van der Waals surface area contributed by atoms with Gasteiger partial charge in [0.2, 0.25) is 5.95 Å². The molecule has 0 saturated carbocycles. The number of morpholine rings is 1. The lowest BCUT2D eigenvalue weighted by Crippen LogP contribution is -2.39. The summed E-state index contributed by atoms with van der Waals surface area (Å²) in [5, 5.41) is 15.2. The van der Waals surface area contributed by atoms with Gasteiger partial charge in [-0.15, -0.1) is 5.10 Å². The molecular weight excluding hydrogens is 340 g/mol. The van der Waals surface area contributed by atoms with E-state index >= 15 is 0 Å². The van der Waals surface area contributed by atoms with Gasteiger partial charge >= 0.3 is 0 Å². The van der Waals surface area contributed by atoms with Crippen LogP contribution in [-0.2, 0) is 4.74 Å². The lowest BCUT2D eigenvalue weighted by atomic mass is 10.1. The first-order chi connectivity index (χ1) is 12.1. The van der Waals surface area contributed by atoms with E-state index in [-0.39, 0.29) is 0 Å². The van der Waals surface area contributed by atoms with E-state index < -0.39 is 0 Å². The molecule has 7 nitrogen and oxygen atoms in total. The molecule has 0 radical (unpaired) electrons. The molecule has 0 spiro atoms. The van der Waals surface area contributed by atoms with Gasteiger partial charge in [-0.05, 0) is 31.0 Å². The molecule has 2 heterocycles. The highest BCUT2D eigenvalue weighted by Gasteiger charge is 2.10. The smallest absolute Gasteiger partial charge is 0.244 e. The molecule has 0 atom stereocenters. The molecular formula is C17H23ClN6O. The summed E-state index contributed by atoms with van der Waals surface area (Å²) in [6, 6.07) is 4.00. The third kappa shape index (κ3) is 5.01. The van der Waals surface area contributed by atoms with Crippen LogP contribution in [0, 0.1) is 13.8 Å². The molecule has 1 fully saturated rings. The maximum Gasteiger partial charge on any atom is 0.244 e. The topological polar surface area (TPSA) is 75.2 Å². The fourth-order valence-corrected chi connectivity index (χ4v) is 3.16. The summed E-state index contributed by atoms with van der Waals surface area (Å²) in [7, 11) is 0. The molecule has 8 heteroatoms. The third-order valence-corrected chi connectivity index (χ3v) is 4.36. The normalized spacial score (nSPS) is 15.2. The largest absolute Gasteiger partial charge is 0.379 e. The fourth-order valence-electron chi connectivity index (χ4n) is 2.79. The van der Waals surface area contributed by atoms with Gasteiger partial charge < -0.3 is 15.4 Å².